The number of carbonyl (C=O) groups excluding carboxylic acids is 1. The van der Waals surface area contributed by atoms with Gasteiger partial charge in [0.2, 0.25) is 0 Å². The summed E-state index contributed by atoms with van der Waals surface area (Å²) in [6.45, 7) is 3.67. The number of amides is 1. The van der Waals surface area contributed by atoms with E-state index in [2.05, 4.69) is 10.3 Å². The van der Waals surface area contributed by atoms with Gasteiger partial charge in [-0.2, -0.15) is 0 Å². The lowest BCUT2D eigenvalue weighted by molar-refractivity contribution is -0.122. The first-order valence-corrected chi connectivity index (χ1v) is 6.59. The zero-order valence-electron chi connectivity index (χ0n) is 11.3. The van der Waals surface area contributed by atoms with E-state index in [4.69, 9.17) is 16.3 Å². The standard InChI is InChI=1S/C15H15ClN2O2/c1-10-5-7-12(8-6-10)20-11(2)15(19)18-13-4-3-9-17-14(13)16/h3-9,11H,1-2H3,(H,18,19). The molecule has 0 saturated heterocycles. The van der Waals surface area contributed by atoms with Crippen molar-refractivity contribution in [2.75, 3.05) is 5.32 Å². The minimum atomic E-state index is -0.631. The van der Waals surface area contributed by atoms with Crippen LogP contribution in [0.3, 0.4) is 0 Å². The maximum atomic E-state index is 12.0. The van der Waals surface area contributed by atoms with Gasteiger partial charge in [0, 0.05) is 6.20 Å². The van der Waals surface area contributed by atoms with Crippen LogP contribution in [0.25, 0.3) is 0 Å². The lowest BCUT2D eigenvalue weighted by Crippen LogP contribution is -2.30. The average Bonchev–Trinajstić information content (AvgIpc) is 2.44. The van der Waals surface area contributed by atoms with Gasteiger partial charge < -0.3 is 10.1 Å². The molecule has 1 aromatic carbocycles. The number of pyridine rings is 1. The Bertz CT molecular complexity index is 599. The molecule has 0 bridgehead atoms. The number of carbonyl (C=O) groups is 1. The molecule has 0 aliphatic heterocycles. The molecule has 0 aliphatic carbocycles. The molecule has 0 aliphatic rings. The SMILES string of the molecule is Cc1ccc(OC(C)C(=O)Nc2cccnc2Cl)cc1. The summed E-state index contributed by atoms with van der Waals surface area (Å²) in [4.78, 5) is 15.9. The van der Waals surface area contributed by atoms with Crippen molar-refractivity contribution < 1.29 is 9.53 Å². The second-order valence-corrected chi connectivity index (χ2v) is 4.76. The number of benzene rings is 1. The molecule has 2 aromatic rings. The van der Waals surface area contributed by atoms with E-state index in [9.17, 15) is 4.79 Å². The van der Waals surface area contributed by atoms with E-state index in [0.29, 0.717) is 11.4 Å². The fourth-order valence-corrected chi connectivity index (χ4v) is 1.75. The van der Waals surface area contributed by atoms with Crippen LogP contribution < -0.4 is 10.1 Å². The van der Waals surface area contributed by atoms with E-state index in [1.807, 2.05) is 31.2 Å². The molecular weight excluding hydrogens is 276 g/mol. The van der Waals surface area contributed by atoms with E-state index in [0.717, 1.165) is 5.56 Å². The molecule has 0 fully saturated rings. The summed E-state index contributed by atoms with van der Waals surface area (Å²) in [5.41, 5.74) is 1.61. The van der Waals surface area contributed by atoms with Crippen molar-refractivity contribution in [2.24, 2.45) is 0 Å². The number of hydrogen-bond donors (Lipinski definition) is 1. The highest BCUT2D eigenvalue weighted by Crippen LogP contribution is 2.18. The van der Waals surface area contributed by atoms with Crippen molar-refractivity contribution in [1.29, 1.82) is 0 Å². The van der Waals surface area contributed by atoms with Crippen LogP contribution in [0.15, 0.2) is 42.6 Å². The number of ether oxygens (including phenoxy) is 1. The zero-order valence-corrected chi connectivity index (χ0v) is 12.0. The summed E-state index contributed by atoms with van der Waals surface area (Å²) < 4.78 is 5.57. The van der Waals surface area contributed by atoms with Gasteiger partial charge in [0.1, 0.15) is 5.75 Å². The first-order valence-electron chi connectivity index (χ1n) is 6.21. The lowest BCUT2D eigenvalue weighted by Gasteiger charge is -2.15. The molecule has 2 rings (SSSR count). The number of rotatable bonds is 4. The van der Waals surface area contributed by atoms with Crippen molar-refractivity contribution in [3.8, 4) is 5.75 Å². The summed E-state index contributed by atoms with van der Waals surface area (Å²) in [6, 6.07) is 10.9. The van der Waals surface area contributed by atoms with E-state index in [-0.39, 0.29) is 11.1 Å². The first-order chi connectivity index (χ1) is 9.56. The molecule has 4 nitrogen and oxygen atoms in total. The fraction of sp³-hybridized carbons (Fsp3) is 0.200. The molecule has 1 amide bonds. The molecule has 5 heteroatoms. The number of halogens is 1. The van der Waals surface area contributed by atoms with Gasteiger partial charge in [-0.05, 0) is 38.1 Å². The van der Waals surface area contributed by atoms with Crippen molar-refractivity contribution in [1.82, 2.24) is 4.98 Å². The van der Waals surface area contributed by atoms with Gasteiger partial charge in [-0.25, -0.2) is 4.98 Å². The molecule has 1 unspecified atom stereocenters. The molecule has 0 spiro atoms. The number of anilines is 1. The predicted molar refractivity (Wildman–Crippen MR) is 79.1 cm³/mol. The summed E-state index contributed by atoms with van der Waals surface area (Å²) in [5, 5.41) is 2.94. The molecule has 0 radical (unpaired) electrons. The second-order valence-electron chi connectivity index (χ2n) is 4.40. The van der Waals surface area contributed by atoms with Crippen LogP contribution in [0.1, 0.15) is 12.5 Å². The van der Waals surface area contributed by atoms with Gasteiger partial charge in [0.25, 0.3) is 5.91 Å². The first kappa shape index (κ1) is 14.3. The Labute approximate surface area is 122 Å². The molecule has 20 heavy (non-hydrogen) atoms. The summed E-state index contributed by atoms with van der Waals surface area (Å²) in [7, 11) is 0. The van der Waals surface area contributed by atoms with Gasteiger partial charge >= 0.3 is 0 Å². The number of aryl methyl sites for hydroxylation is 1. The van der Waals surface area contributed by atoms with Crippen LogP contribution in [0, 0.1) is 6.92 Å². The molecular formula is C15H15ClN2O2. The van der Waals surface area contributed by atoms with E-state index < -0.39 is 6.10 Å². The highest BCUT2D eigenvalue weighted by molar-refractivity contribution is 6.32. The largest absolute Gasteiger partial charge is 0.481 e. The maximum absolute atomic E-state index is 12.0. The third-order valence-electron chi connectivity index (χ3n) is 2.72. The molecule has 1 heterocycles. The molecule has 0 saturated carbocycles. The van der Waals surface area contributed by atoms with Crippen LogP contribution in [-0.2, 0) is 4.79 Å². The smallest absolute Gasteiger partial charge is 0.265 e. The predicted octanol–water partition coefficient (Wildman–Crippen LogP) is 3.45. The van der Waals surface area contributed by atoms with Crippen molar-refractivity contribution >= 4 is 23.2 Å². The number of aromatic nitrogens is 1. The fourth-order valence-electron chi connectivity index (χ4n) is 1.59. The lowest BCUT2D eigenvalue weighted by atomic mass is 10.2. The molecule has 1 aromatic heterocycles. The zero-order chi connectivity index (χ0) is 14.5. The second kappa shape index (κ2) is 6.39. The molecule has 1 N–H and O–H groups in total. The van der Waals surface area contributed by atoms with Crippen LogP contribution in [0.5, 0.6) is 5.75 Å². The van der Waals surface area contributed by atoms with Crippen LogP contribution >= 0.6 is 11.6 Å². The van der Waals surface area contributed by atoms with Gasteiger partial charge in [-0.3, -0.25) is 4.79 Å². The van der Waals surface area contributed by atoms with Crippen LogP contribution in [-0.4, -0.2) is 17.0 Å². The summed E-state index contributed by atoms with van der Waals surface area (Å²) in [5.74, 6) is 0.371. The third-order valence-corrected chi connectivity index (χ3v) is 3.02. The summed E-state index contributed by atoms with van der Waals surface area (Å²) >= 11 is 5.88. The Morgan fingerprint density at radius 1 is 1.30 bits per heavy atom. The van der Waals surface area contributed by atoms with Crippen molar-refractivity contribution in [3.63, 3.8) is 0 Å². The van der Waals surface area contributed by atoms with E-state index in [1.165, 1.54) is 0 Å². The monoisotopic (exact) mass is 290 g/mol. The highest BCUT2D eigenvalue weighted by atomic mass is 35.5. The Kier molecular flexibility index (Phi) is 4.58. The Morgan fingerprint density at radius 3 is 2.65 bits per heavy atom. The minimum Gasteiger partial charge on any atom is -0.481 e. The minimum absolute atomic E-state index is 0.253. The summed E-state index contributed by atoms with van der Waals surface area (Å²) in [6.07, 6.45) is 0.929. The maximum Gasteiger partial charge on any atom is 0.265 e. The molecule has 104 valence electrons. The van der Waals surface area contributed by atoms with Gasteiger partial charge in [0.15, 0.2) is 11.3 Å². The normalized spacial score (nSPS) is 11.8. The number of nitrogens with zero attached hydrogens (tertiary/aromatic N) is 1. The Hall–Kier alpha value is -2.07. The highest BCUT2D eigenvalue weighted by Gasteiger charge is 2.16. The van der Waals surface area contributed by atoms with Crippen LogP contribution in [0.2, 0.25) is 5.15 Å². The van der Waals surface area contributed by atoms with Crippen LogP contribution in [0.4, 0.5) is 5.69 Å². The van der Waals surface area contributed by atoms with Crippen molar-refractivity contribution in [3.05, 3.63) is 53.3 Å². The third kappa shape index (κ3) is 3.71. The average molecular weight is 291 g/mol. The number of hydrogen-bond acceptors (Lipinski definition) is 3. The quantitative estimate of drug-likeness (QED) is 0.878. The van der Waals surface area contributed by atoms with Crippen molar-refractivity contribution in [2.45, 2.75) is 20.0 Å². The van der Waals surface area contributed by atoms with Gasteiger partial charge in [0.05, 0.1) is 5.69 Å². The Balaban J connectivity index is 1.99. The van der Waals surface area contributed by atoms with Gasteiger partial charge in [-0.15, -0.1) is 0 Å². The number of nitrogens with one attached hydrogen (secondary N) is 1. The molecule has 1 atom stereocenters. The van der Waals surface area contributed by atoms with E-state index in [1.54, 1.807) is 25.3 Å². The van der Waals surface area contributed by atoms with E-state index >= 15 is 0 Å². The topological polar surface area (TPSA) is 51.2 Å². The Morgan fingerprint density at radius 2 is 2.00 bits per heavy atom. The van der Waals surface area contributed by atoms with Gasteiger partial charge in [-0.1, -0.05) is 29.3 Å².